The van der Waals surface area contributed by atoms with Crippen molar-refractivity contribution in [2.45, 2.75) is 0 Å². The molecule has 6 heteroatoms. The minimum absolute atomic E-state index is 0. The van der Waals surface area contributed by atoms with Gasteiger partial charge in [0, 0.05) is 24.7 Å². The number of aromatic nitrogens is 1. The summed E-state index contributed by atoms with van der Waals surface area (Å²) in [4.78, 5) is 19.0. The number of amides is 1. The summed E-state index contributed by atoms with van der Waals surface area (Å²) in [6, 6.07) is 13.9. The quantitative estimate of drug-likeness (QED) is 0.719. The van der Waals surface area contributed by atoms with Crippen molar-refractivity contribution in [1.82, 2.24) is 15.2 Å². The summed E-state index contributed by atoms with van der Waals surface area (Å²) in [5, 5.41) is 6.16. The smallest absolute Gasteiger partial charge is 0.253 e. The lowest BCUT2D eigenvalue weighted by atomic mass is 10.0. The Bertz CT molecular complexity index is 837. The van der Waals surface area contributed by atoms with Crippen LogP contribution in [0.25, 0.3) is 21.7 Å². The average molecular weight is 366 g/mol. The SMILES string of the molecule is CN(C)CCNC(=O)c1cc2ccccc2c2cccnc12.Cl.Cl. The molecule has 128 valence electrons. The van der Waals surface area contributed by atoms with Gasteiger partial charge in [-0.15, -0.1) is 24.8 Å². The van der Waals surface area contributed by atoms with Crippen LogP contribution in [0.3, 0.4) is 0 Å². The molecule has 1 amide bonds. The number of rotatable bonds is 4. The molecule has 0 aliphatic rings. The first-order chi connectivity index (χ1) is 10.7. The molecule has 0 atom stereocenters. The van der Waals surface area contributed by atoms with Crippen LogP contribution in [0.4, 0.5) is 0 Å². The molecule has 2 aromatic carbocycles. The van der Waals surface area contributed by atoms with E-state index in [9.17, 15) is 4.79 Å². The highest BCUT2D eigenvalue weighted by Crippen LogP contribution is 2.27. The molecule has 1 aromatic heterocycles. The Morgan fingerprint density at radius 1 is 1.08 bits per heavy atom. The molecule has 1 N–H and O–H groups in total. The highest BCUT2D eigenvalue weighted by Gasteiger charge is 2.13. The Morgan fingerprint density at radius 3 is 2.54 bits per heavy atom. The van der Waals surface area contributed by atoms with Gasteiger partial charge in [-0.3, -0.25) is 9.78 Å². The van der Waals surface area contributed by atoms with Gasteiger partial charge in [0.2, 0.25) is 0 Å². The third-order valence-corrected chi connectivity index (χ3v) is 3.70. The number of nitrogens with zero attached hydrogens (tertiary/aromatic N) is 2. The van der Waals surface area contributed by atoms with Gasteiger partial charge in [0.1, 0.15) is 0 Å². The van der Waals surface area contributed by atoms with Gasteiger partial charge in [-0.25, -0.2) is 0 Å². The molecule has 24 heavy (non-hydrogen) atoms. The van der Waals surface area contributed by atoms with Crippen LogP contribution in [-0.4, -0.2) is 43.0 Å². The monoisotopic (exact) mass is 365 g/mol. The zero-order valence-corrected chi connectivity index (χ0v) is 15.3. The Kier molecular flexibility index (Phi) is 7.42. The topological polar surface area (TPSA) is 45.2 Å². The van der Waals surface area contributed by atoms with E-state index in [4.69, 9.17) is 0 Å². The minimum atomic E-state index is -0.0729. The van der Waals surface area contributed by atoms with Crippen molar-refractivity contribution in [2.24, 2.45) is 0 Å². The van der Waals surface area contributed by atoms with E-state index in [0.717, 1.165) is 28.2 Å². The Balaban J connectivity index is 0.00000144. The summed E-state index contributed by atoms with van der Waals surface area (Å²) in [6.07, 6.45) is 1.73. The first-order valence-electron chi connectivity index (χ1n) is 7.36. The zero-order chi connectivity index (χ0) is 15.5. The molecular formula is C18H21Cl2N3O. The van der Waals surface area contributed by atoms with Crippen LogP contribution in [-0.2, 0) is 0 Å². The number of hydrogen-bond donors (Lipinski definition) is 1. The van der Waals surface area contributed by atoms with Crippen molar-refractivity contribution in [1.29, 1.82) is 0 Å². The first kappa shape index (κ1) is 20.2. The van der Waals surface area contributed by atoms with Crippen molar-refractivity contribution < 1.29 is 4.79 Å². The van der Waals surface area contributed by atoms with E-state index in [1.165, 1.54) is 0 Å². The van der Waals surface area contributed by atoms with Crippen molar-refractivity contribution in [2.75, 3.05) is 27.2 Å². The number of halogens is 2. The predicted octanol–water partition coefficient (Wildman–Crippen LogP) is 3.52. The maximum absolute atomic E-state index is 12.5. The lowest BCUT2D eigenvalue weighted by Crippen LogP contribution is -2.31. The van der Waals surface area contributed by atoms with Gasteiger partial charge in [-0.1, -0.05) is 30.3 Å². The van der Waals surface area contributed by atoms with Crippen LogP contribution >= 0.6 is 24.8 Å². The maximum atomic E-state index is 12.5. The molecule has 0 radical (unpaired) electrons. The van der Waals surface area contributed by atoms with E-state index >= 15 is 0 Å². The lowest BCUT2D eigenvalue weighted by Gasteiger charge is -2.12. The fraction of sp³-hybridized carbons (Fsp3) is 0.222. The number of carbonyl (C=O) groups excluding carboxylic acids is 1. The molecule has 0 saturated heterocycles. The Hall–Kier alpha value is -1.88. The number of benzene rings is 2. The van der Waals surface area contributed by atoms with Crippen LogP contribution in [0.2, 0.25) is 0 Å². The van der Waals surface area contributed by atoms with Crippen molar-refractivity contribution >= 4 is 52.4 Å². The van der Waals surface area contributed by atoms with E-state index in [2.05, 4.69) is 16.4 Å². The molecule has 0 aliphatic heterocycles. The van der Waals surface area contributed by atoms with E-state index in [1.807, 2.05) is 55.4 Å². The first-order valence-corrected chi connectivity index (χ1v) is 7.36. The Morgan fingerprint density at radius 2 is 1.79 bits per heavy atom. The number of fused-ring (bicyclic) bond motifs is 3. The van der Waals surface area contributed by atoms with E-state index in [1.54, 1.807) is 6.20 Å². The highest BCUT2D eigenvalue weighted by atomic mass is 35.5. The third kappa shape index (κ3) is 4.15. The van der Waals surface area contributed by atoms with E-state index < -0.39 is 0 Å². The number of pyridine rings is 1. The van der Waals surface area contributed by atoms with Gasteiger partial charge < -0.3 is 10.2 Å². The van der Waals surface area contributed by atoms with Gasteiger partial charge in [0.25, 0.3) is 5.91 Å². The van der Waals surface area contributed by atoms with Crippen molar-refractivity contribution in [3.8, 4) is 0 Å². The second kappa shape index (κ2) is 8.83. The average Bonchev–Trinajstić information content (AvgIpc) is 2.53. The predicted molar refractivity (Wildman–Crippen MR) is 105 cm³/mol. The van der Waals surface area contributed by atoms with Crippen molar-refractivity contribution in [3.63, 3.8) is 0 Å². The molecule has 0 aliphatic carbocycles. The molecule has 3 rings (SSSR count). The summed E-state index contributed by atoms with van der Waals surface area (Å²) in [5.41, 5.74) is 1.39. The standard InChI is InChI=1S/C18H19N3O.2ClH/c1-21(2)11-10-20-18(22)16-12-13-6-3-4-7-14(13)15-8-5-9-19-17(15)16;;/h3-9,12H,10-11H2,1-2H3,(H,20,22);2*1H. The second-order valence-corrected chi connectivity index (χ2v) is 5.60. The molecule has 4 nitrogen and oxygen atoms in total. The fourth-order valence-electron chi connectivity index (χ4n) is 2.59. The summed E-state index contributed by atoms with van der Waals surface area (Å²) in [6.45, 7) is 1.43. The highest BCUT2D eigenvalue weighted by molar-refractivity contribution is 6.15. The minimum Gasteiger partial charge on any atom is -0.351 e. The zero-order valence-electron chi connectivity index (χ0n) is 13.7. The Labute approximate surface area is 154 Å². The molecule has 0 spiro atoms. The number of likely N-dealkylation sites (N-methyl/N-ethyl adjacent to an activating group) is 1. The van der Waals surface area contributed by atoms with Crippen LogP contribution in [0.15, 0.2) is 48.7 Å². The molecule has 0 unspecified atom stereocenters. The molecular weight excluding hydrogens is 345 g/mol. The van der Waals surface area contributed by atoms with Gasteiger partial charge >= 0.3 is 0 Å². The van der Waals surface area contributed by atoms with E-state index in [0.29, 0.717) is 12.1 Å². The summed E-state index contributed by atoms with van der Waals surface area (Å²) in [5.74, 6) is -0.0729. The van der Waals surface area contributed by atoms with Crippen molar-refractivity contribution in [3.05, 3.63) is 54.2 Å². The van der Waals surface area contributed by atoms with Crippen LogP contribution in [0.1, 0.15) is 10.4 Å². The molecule has 3 aromatic rings. The third-order valence-electron chi connectivity index (χ3n) is 3.70. The number of hydrogen-bond acceptors (Lipinski definition) is 3. The van der Waals surface area contributed by atoms with E-state index in [-0.39, 0.29) is 30.7 Å². The van der Waals surface area contributed by atoms with Gasteiger partial charge in [-0.05, 0) is 37.0 Å². The molecule has 0 fully saturated rings. The number of carbonyl (C=O) groups is 1. The number of nitrogens with one attached hydrogen (secondary N) is 1. The molecule has 0 bridgehead atoms. The van der Waals surface area contributed by atoms with Crippen LogP contribution < -0.4 is 5.32 Å². The summed E-state index contributed by atoms with van der Waals surface area (Å²) in [7, 11) is 3.97. The molecule has 0 saturated carbocycles. The largest absolute Gasteiger partial charge is 0.351 e. The molecule has 1 heterocycles. The lowest BCUT2D eigenvalue weighted by molar-refractivity contribution is 0.0952. The van der Waals surface area contributed by atoms with Crippen LogP contribution in [0, 0.1) is 0 Å². The summed E-state index contributed by atoms with van der Waals surface area (Å²) < 4.78 is 0. The van der Waals surface area contributed by atoms with Gasteiger partial charge in [0.05, 0.1) is 11.1 Å². The van der Waals surface area contributed by atoms with Gasteiger partial charge in [0.15, 0.2) is 0 Å². The fourth-order valence-corrected chi connectivity index (χ4v) is 2.59. The summed E-state index contributed by atoms with van der Waals surface area (Å²) >= 11 is 0. The second-order valence-electron chi connectivity index (χ2n) is 5.60. The normalized spacial score (nSPS) is 10.3. The maximum Gasteiger partial charge on any atom is 0.253 e. The van der Waals surface area contributed by atoms with Crippen LogP contribution in [0.5, 0.6) is 0 Å². The van der Waals surface area contributed by atoms with Gasteiger partial charge in [-0.2, -0.15) is 0 Å².